The summed E-state index contributed by atoms with van der Waals surface area (Å²) in [6.07, 6.45) is 0. The number of nitrogens with zero attached hydrogens (tertiary/aromatic N) is 4. The second-order valence-electron chi connectivity index (χ2n) is 14.7. The van der Waals surface area contributed by atoms with Crippen molar-refractivity contribution < 1.29 is 14.3 Å². The first-order chi connectivity index (χ1) is 30.4. The molecule has 9 heteroatoms. The third-order valence-corrected chi connectivity index (χ3v) is 10.4. The Balaban J connectivity index is 0.942. The smallest absolute Gasteiger partial charge is 0.193 e. The molecule has 296 valence electrons. The molecule has 0 saturated heterocycles. The van der Waals surface area contributed by atoms with Gasteiger partial charge in [-0.25, -0.2) is 19.9 Å². The topological polar surface area (TPSA) is 139 Å². The van der Waals surface area contributed by atoms with E-state index < -0.39 is 0 Å². The molecule has 0 aliphatic carbocycles. The number of ketones is 1. The van der Waals surface area contributed by atoms with Crippen LogP contribution in [-0.2, 0) is 0 Å². The van der Waals surface area contributed by atoms with Crippen molar-refractivity contribution in [2.24, 2.45) is 0 Å². The van der Waals surface area contributed by atoms with Crippen LogP contribution in [0.15, 0.2) is 194 Å². The zero-order valence-electron chi connectivity index (χ0n) is 33.1. The molecule has 62 heavy (non-hydrogen) atoms. The Kier molecular flexibility index (Phi) is 9.79. The molecule has 0 bridgehead atoms. The van der Waals surface area contributed by atoms with Gasteiger partial charge in [-0.05, 0) is 72.8 Å². The molecular formula is C53H36N6O3. The number of hydrogen-bond acceptors (Lipinski definition) is 9. The molecule has 10 aromatic rings. The number of rotatable bonds is 10. The van der Waals surface area contributed by atoms with Gasteiger partial charge in [0, 0.05) is 56.9 Å². The number of nitrogen functional groups attached to an aromatic ring is 2. The molecule has 0 aliphatic heterocycles. The summed E-state index contributed by atoms with van der Waals surface area (Å²) in [5, 5.41) is 0. The van der Waals surface area contributed by atoms with Gasteiger partial charge in [0.25, 0.3) is 0 Å². The minimum Gasteiger partial charge on any atom is -0.457 e. The number of fused-ring (bicyclic) bond motifs is 2. The maximum absolute atomic E-state index is 14.0. The van der Waals surface area contributed by atoms with E-state index in [2.05, 4.69) is 0 Å². The van der Waals surface area contributed by atoms with Gasteiger partial charge >= 0.3 is 0 Å². The van der Waals surface area contributed by atoms with E-state index in [0.717, 1.165) is 39.2 Å². The summed E-state index contributed by atoms with van der Waals surface area (Å²) < 4.78 is 12.2. The Morgan fingerprint density at radius 3 is 1.03 bits per heavy atom. The van der Waals surface area contributed by atoms with Gasteiger partial charge in [0.2, 0.25) is 0 Å². The molecule has 10 rings (SSSR count). The summed E-state index contributed by atoms with van der Waals surface area (Å²) in [5.74, 6) is 2.49. The number of anilines is 2. The summed E-state index contributed by atoms with van der Waals surface area (Å²) in [6, 6.07) is 60.7. The summed E-state index contributed by atoms with van der Waals surface area (Å²) in [7, 11) is 0. The van der Waals surface area contributed by atoms with Gasteiger partial charge in [0.05, 0.1) is 44.8 Å². The lowest BCUT2D eigenvalue weighted by molar-refractivity contribution is 0.103. The van der Waals surface area contributed by atoms with E-state index in [4.69, 9.17) is 40.9 Å². The van der Waals surface area contributed by atoms with Gasteiger partial charge < -0.3 is 20.9 Å². The van der Waals surface area contributed by atoms with E-state index in [1.165, 1.54) is 0 Å². The van der Waals surface area contributed by atoms with Crippen molar-refractivity contribution in [1.82, 2.24) is 19.9 Å². The molecule has 8 aromatic carbocycles. The van der Waals surface area contributed by atoms with Crippen LogP contribution < -0.4 is 20.9 Å². The molecule has 0 saturated carbocycles. The molecule has 2 aromatic heterocycles. The Labute approximate surface area is 357 Å². The number of ether oxygens (including phenoxy) is 2. The number of hydrogen-bond donors (Lipinski definition) is 2. The number of benzene rings is 8. The van der Waals surface area contributed by atoms with Crippen molar-refractivity contribution in [3.63, 3.8) is 0 Å². The Hall–Kier alpha value is -8.69. The van der Waals surface area contributed by atoms with E-state index in [0.29, 0.717) is 73.4 Å². The van der Waals surface area contributed by atoms with Crippen LogP contribution in [0.3, 0.4) is 0 Å². The number of carbonyl (C=O) groups excluding carboxylic acids is 1. The van der Waals surface area contributed by atoms with Crippen LogP contribution in [0.25, 0.3) is 67.1 Å². The summed E-state index contributed by atoms with van der Waals surface area (Å²) in [6.45, 7) is 0. The zero-order chi connectivity index (χ0) is 42.0. The highest BCUT2D eigenvalue weighted by molar-refractivity contribution is 6.09. The van der Waals surface area contributed by atoms with E-state index in [9.17, 15) is 4.79 Å². The highest BCUT2D eigenvalue weighted by Gasteiger charge is 2.18. The monoisotopic (exact) mass is 804 g/mol. The third-order valence-electron chi connectivity index (χ3n) is 10.4. The average molecular weight is 805 g/mol. The highest BCUT2D eigenvalue weighted by atomic mass is 16.5. The van der Waals surface area contributed by atoms with Crippen molar-refractivity contribution in [3.05, 3.63) is 205 Å². The van der Waals surface area contributed by atoms with Gasteiger partial charge in [0.1, 0.15) is 23.0 Å². The van der Waals surface area contributed by atoms with E-state index >= 15 is 0 Å². The minimum atomic E-state index is -0.109. The molecule has 0 unspecified atom stereocenters. The van der Waals surface area contributed by atoms with Crippen LogP contribution in [0.2, 0.25) is 0 Å². The van der Waals surface area contributed by atoms with Gasteiger partial charge in [-0.3, -0.25) is 4.79 Å². The SMILES string of the molecule is Nc1ccc(Oc2ccc3nc(-c4ccc(C(=O)c5ccc(-c6nc7cc(Oc8ccc(N)cc8)ccc7nc6-c6ccccc6)cc5)cc4)c(-c4ccccc4)nc3c2)cc1. The summed E-state index contributed by atoms with van der Waals surface area (Å²) in [4.78, 5) is 34.3. The van der Waals surface area contributed by atoms with Crippen LogP contribution in [0.1, 0.15) is 15.9 Å². The molecule has 9 nitrogen and oxygen atoms in total. The van der Waals surface area contributed by atoms with Crippen LogP contribution in [-0.4, -0.2) is 25.7 Å². The molecule has 0 atom stereocenters. The van der Waals surface area contributed by atoms with E-state index in [1.54, 1.807) is 24.3 Å². The molecule has 0 amide bonds. The van der Waals surface area contributed by atoms with Crippen LogP contribution >= 0.6 is 0 Å². The molecule has 4 N–H and O–H groups in total. The van der Waals surface area contributed by atoms with Gasteiger partial charge in [-0.2, -0.15) is 0 Å². The second kappa shape index (κ2) is 16.2. The predicted octanol–water partition coefficient (Wildman–Crippen LogP) is 12.2. The van der Waals surface area contributed by atoms with E-state index in [1.807, 2.05) is 170 Å². The number of aromatic nitrogens is 4. The normalized spacial score (nSPS) is 11.1. The van der Waals surface area contributed by atoms with Crippen LogP contribution in [0.4, 0.5) is 11.4 Å². The number of nitrogens with two attached hydrogens (primary N) is 2. The fraction of sp³-hybridized carbons (Fsp3) is 0. The first kappa shape index (κ1) is 37.6. The first-order valence-electron chi connectivity index (χ1n) is 20.0. The molecule has 0 spiro atoms. The predicted molar refractivity (Wildman–Crippen MR) is 246 cm³/mol. The van der Waals surface area contributed by atoms with Crippen LogP contribution in [0, 0.1) is 0 Å². The maximum Gasteiger partial charge on any atom is 0.193 e. The van der Waals surface area contributed by atoms with Crippen molar-refractivity contribution >= 4 is 39.2 Å². The molecule has 2 heterocycles. The van der Waals surface area contributed by atoms with Gasteiger partial charge in [-0.1, -0.05) is 109 Å². The van der Waals surface area contributed by atoms with Gasteiger partial charge in [0.15, 0.2) is 5.78 Å². The third kappa shape index (κ3) is 7.77. The van der Waals surface area contributed by atoms with Crippen molar-refractivity contribution in [1.29, 1.82) is 0 Å². The lowest BCUT2D eigenvalue weighted by atomic mass is 9.97. The van der Waals surface area contributed by atoms with Crippen LogP contribution in [0.5, 0.6) is 23.0 Å². The number of carbonyl (C=O) groups is 1. The largest absolute Gasteiger partial charge is 0.457 e. The maximum atomic E-state index is 14.0. The molecule has 0 fully saturated rings. The zero-order valence-corrected chi connectivity index (χ0v) is 33.1. The molecule has 0 radical (unpaired) electrons. The first-order valence-corrected chi connectivity index (χ1v) is 20.0. The second-order valence-corrected chi connectivity index (χ2v) is 14.7. The molecular weight excluding hydrogens is 769 g/mol. The Morgan fingerprint density at radius 2 is 0.661 bits per heavy atom. The van der Waals surface area contributed by atoms with Crippen molar-refractivity contribution in [2.45, 2.75) is 0 Å². The highest BCUT2D eigenvalue weighted by Crippen LogP contribution is 2.35. The van der Waals surface area contributed by atoms with Gasteiger partial charge in [-0.15, -0.1) is 0 Å². The Morgan fingerprint density at radius 1 is 0.339 bits per heavy atom. The fourth-order valence-corrected chi connectivity index (χ4v) is 7.26. The van der Waals surface area contributed by atoms with E-state index in [-0.39, 0.29) is 5.78 Å². The molecule has 0 aliphatic rings. The van der Waals surface area contributed by atoms with Crippen molar-refractivity contribution in [2.75, 3.05) is 11.5 Å². The average Bonchev–Trinajstić information content (AvgIpc) is 3.32. The van der Waals surface area contributed by atoms with Crippen molar-refractivity contribution in [3.8, 4) is 68.0 Å². The minimum absolute atomic E-state index is 0.109. The fourth-order valence-electron chi connectivity index (χ4n) is 7.26. The standard InChI is InChI=1S/C53H36N6O3/c54-39-19-23-41(24-20-39)61-43-28-30-46-47(31-43)58-50(34-9-5-2-6-10-34)51(57-46)35-11-15-37(16-12-35)53(60)38-17-13-36(14-18-38)52-49(33-7-3-1-4-8-33)56-45-29-27-44(32-48(45)59-52)62-42-25-21-40(55)22-26-42/h1-32H,54-55H2. The Bertz CT molecular complexity index is 3230. The quantitative estimate of drug-likeness (QED) is 0.102. The lowest BCUT2D eigenvalue weighted by Gasteiger charge is -2.13. The lowest BCUT2D eigenvalue weighted by Crippen LogP contribution is -2.02. The summed E-state index contributed by atoms with van der Waals surface area (Å²) in [5.41, 5.74) is 23.3. The summed E-state index contributed by atoms with van der Waals surface area (Å²) >= 11 is 0.